The fourth-order valence-electron chi connectivity index (χ4n) is 7.56. The molecule has 5 amide bonds. The number of rotatable bonds is 12. The molecule has 2 aromatic carbocycles. The molecule has 1 aliphatic heterocycles. The Morgan fingerprint density at radius 1 is 0.839 bits per heavy atom. The van der Waals surface area contributed by atoms with Gasteiger partial charge in [-0.1, -0.05) is 30.3 Å². The predicted octanol–water partition coefficient (Wildman–Crippen LogP) is 5.97. The van der Waals surface area contributed by atoms with Crippen LogP contribution in [0.25, 0.3) is 22.5 Å². The first-order valence-corrected chi connectivity index (χ1v) is 21.2. The Morgan fingerprint density at radius 2 is 1.52 bits per heavy atom. The van der Waals surface area contributed by atoms with E-state index in [0.29, 0.717) is 56.1 Å². The van der Waals surface area contributed by atoms with Crippen molar-refractivity contribution in [3.63, 3.8) is 0 Å². The molecule has 0 radical (unpaired) electrons. The average molecular weight is 851 g/mol. The van der Waals surface area contributed by atoms with Gasteiger partial charge < -0.3 is 35.6 Å². The van der Waals surface area contributed by atoms with Crippen LogP contribution >= 0.6 is 0 Å². The minimum absolute atomic E-state index is 0.188. The van der Waals surface area contributed by atoms with Crippen LogP contribution in [0.15, 0.2) is 60.7 Å². The van der Waals surface area contributed by atoms with E-state index in [1.165, 1.54) is 0 Å². The van der Waals surface area contributed by atoms with Crippen molar-refractivity contribution in [2.24, 2.45) is 11.8 Å². The number of carbonyl (C=O) groups excluding carboxylic acids is 5. The fourth-order valence-corrected chi connectivity index (χ4v) is 7.56. The summed E-state index contributed by atoms with van der Waals surface area (Å²) in [7, 11) is 0. The molecule has 4 aromatic rings. The third-order valence-corrected chi connectivity index (χ3v) is 10.7. The number of H-pyrrole nitrogens is 1. The summed E-state index contributed by atoms with van der Waals surface area (Å²) in [5, 5.41) is 25.9. The zero-order chi connectivity index (χ0) is 44.6. The highest BCUT2D eigenvalue weighted by atomic mass is 16.6. The van der Waals surface area contributed by atoms with Crippen LogP contribution in [0.5, 0.6) is 0 Å². The maximum atomic E-state index is 13.9. The number of amides is 5. The number of hydrogen-bond donors (Lipinski definition) is 5. The Labute approximate surface area is 361 Å². The maximum Gasteiger partial charge on any atom is 0.410 e. The van der Waals surface area contributed by atoms with Gasteiger partial charge in [-0.25, -0.2) is 14.6 Å². The standard InChI is InChI=1S/C45H58N10O7/c1-27-35(20-21-36(47-27)40(57)49-34-22-23-55(26-34)43(60)62-45(5,6)7)30-12-8-28(9-13-30)24-37(41(58)48-33-18-16-31(17-19-33)38-51-53-54-52-38)50-39(56)32-14-10-29(11-15-32)25-46-42(59)61-44(2,3)4/h8-9,12-13,16-21,29,32,34,37H,10-11,14-15,22-26H2,1-7H3,(H,46,59)(H,48,58)(H,49,57)(H,50,56)(H,51,52,53,54). The second kappa shape index (κ2) is 19.5. The molecule has 2 fully saturated rings. The molecule has 0 bridgehead atoms. The quantitative estimate of drug-likeness (QED) is 0.112. The number of aromatic amines is 1. The molecule has 3 heterocycles. The molecule has 5 N–H and O–H groups in total. The Balaban J connectivity index is 1.08. The lowest BCUT2D eigenvalue weighted by Crippen LogP contribution is -2.48. The zero-order valence-electron chi connectivity index (χ0n) is 36.5. The van der Waals surface area contributed by atoms with E-state index in [1.54, 1.807) is 35.2 Å². The molecule has 62 heavy (non-hydrogen) atoms. The minimum atomic E-state index is -0.880. The molecule has 2 atom stereocenters. The highest BCUT2D eigenvalue weighted by Crippen LogP contribution is 2.29. The number of tetrazole rings is 1. The molecule has 17 nitrogen and oxygen atoms in total. The number of ether oxygens (including phenoxy) is 2. The molecular formula is C45H58N10O7. The van der Waals surface area contributed by atoms with Crippen LogP contribution in [0.4, 0.5) is 15.3 Å². The molecule has 0 spiro atoms. The first kappa shape index (κ1) is 45.1. The van der Waals surface area contributed by atoms with E-state index in [9.17, 15) is 24.0 Å². The Morgan fingerprint density at radius 3 is 2.15 bits per heavy atom. The van der Waals surface area contributed by atoms with E-state index in [-0.39, 0.29) is 47.7 Å². The lowest BCUT2D eigenvalue weighted by Gasteiger charge is -2.29. The van der Waals surface area contributed by atoms with Crippen molar-refractivity contribution in [1.82, 2.24) is 46.5 Å². The second-order valence-electron chi connectivity index (χ2n) is 18.1. The topological polar surface area (TPSA) is 223 Å². The van der Waals surface area contributed by atoms with Crippen molar-refractivity contribution >= 4 is 35.6 Å². The number of nitrogens with one attached hydrogen (secondary N) is 5. The van der Waals surface area contributed by atoms with Gasteiger partial charge in [-0.2, -0.15) is 5.21 Å². The van der Waals surface area contributed by atoms with E-state index >= 15 is 0 Å². The van der Waals surface area contributed by atoms with Crippen LogP contribution in [0.3, 0.4) is 0 Å². The largest absolute Gasteiger partial charge is 0.444 e. The van der Waals surface area contributed by atoms with Crippen molar-refractivity contribution in [2.45, 2.75) is 110 Å². The first-order chi connectivity index (χ1) is 29.4. The Hall–Kier alpha value is -6.39. The second-order valence-corrected chi connectivity index (χ2v) is 18.1. The van der Waals surface area contributed by atoms with Crippen LogP contribution in [0, 0.1) is 18.8 Å². The molecule has 2 unspecified atom stereocenters. The average Bonchev–Trinajstić information content (AvgIpc) is 3.93. The number of nitrogens with zero attached hydrogens (tertiary/aromatic N) is 5. The SMILES string of the molecule is Cc1nc(C(=O)NC2CCN(C(=O)OC(C)(C)C)C2)ccc1-c1ccc(CC(NC(=O)C2CCC(CNC(=O)OC(C)(C)C)CC2)C(=O)Nc2ccc(-c3nn[nH]n3)cc2)cc1. The number of benzene rings is 2. The number of hydrogen-bond acceptors (Lipinski definition) is 11. The van der Waals surface area contributed by atoms with E-state index < -0.39 is 29.4 Å². The molecule has 17 heteroatoms. The van der Waals surface area contributed by atoms with E-state index in [1.807, 2.05) is 78.8 Å². The molecule has 1 saturated heterocycles. The van der Waals surface area contributed by atoms with E-state index in [4.69, 9.17) is 9.47 Å². The van der Waals surface area contributed by atoms with Crippen LogP contribution in [-0.2, 0) is 25.5 Å². The van der Waals surface area contributed by atoms with Crippen LogP contribution in [0.1, 0.15) is 95.4 Å². The van der Waals surface area contributed by atoms with Gasteiger partial charge in [0.2, 0.25) is 17.6 Å². The van der Waals surface area contributed by atoms with Crippen molar-refractivity contribution < 1.29 is 33.4 Å². The monoisotopic (exact) mass is 850 g/mol. The van der Waals surface area contributed by atoms with Gasteiger partial charge in [0.05, 0.1) is 0 Å². The van der Waals surface area contributed by atoms with Crippen LogP contribution < -0.4 is 21.3 Å². The van der Waals surface area contributed by atoms with Gasteiger partial charge in [0.25, 0.3) is 5.91 Å². The number of pyridine rings is 1. The van der Waals surface area contributed by atoms with E-state index in [0.717, 1.165) is 35.1 Å². The van der Waals surface area contributed by atoms with Crippen LogP contribution in [0.2, 0.25) is 0 Å². The highest BCUT2D eigenvalue weighted by Gasteiger charge is 2.32. The third-order valence-electron chi connectivity index (χ3n) is 10.7. The molecule has 2 aromatic heterocycles. The maximum absolute atomic E-state index is 13.9. The zero-order valence-corrected chi connectivity index (χ0v) is 36.5. The van der Waals surface area contributed by atoms with Gasteiger partial charge in [0.15, 0.2) is 0 Å². The summed E-state index contributed by atoms with van der Waals surface area (Å²) in [5.74, 6) is -0.495. The van der Waals surface area contributed by atoms with Gasteiger partial charge >= 0.3 is 12.2 Å². The summed E-state index contributed by atoms with van der Waals surface area (Å²) >= 11 is 0. The number of aryl methyl sites for hydroxylation is 1. The van der Waals surface area contributed by atoms with Gasteiger partial charge in [-0.3, -0.25) is 14.4 Å². The summed E-state index contributed by atoms with van der Waals surface area (Å²) in [6, 6.07) is 17.2. The normalized spacial score (nSPS) is 18.3. The third kappa shape index (κ3) is 12.8. The van der Waals surface area contributed by atoms with Gasteiger partial charge in [0.1, 0.15) is 22.9 Å². The van der Waals surface area contributed by atoms with Crippen LogP contribution in [-0.4, -0.2) is 103 Å². The fraction of sp³-hybridized carbons (Fsp3) is 0.489. The first-order valence-electron chi connectivity index (χ1n) is 21.2. The number of alkyl carbamates (subject to hydrolysis) is 1. The van der Waals surface area contributed by atoms with Gasteiger partial charge in [-0.15, -0.1) is 10.2 Å². The van der Waals surface area contributed by atoms with Crippen molar-refractivity contribution in [1.29, 1.82) is 0 Å². The summed E-state index contributed by atoms with van der Waals surface area (Å²) in [6.45, 7) is 14.1. The summed E-state index contributed by atoms with van der Waals surface area (Å²) < 4.78 is 10.8. The predicted molar refractivity (Wildman–Crippen MR) is 232 cm³/mol. The molecule has 2 aliphatic rings. The summed E-state index contributed by atoms with van der Waals surface area (Å²) in [5.41, 5.74) is 3.57. The minimum Gasteiger partial charge on any atom is -0.444 e. The smallest absolute Gasteiger partial charge is 0.410 e. The highest BCUT2D eigenvalue weighted by molar-refractivity contribution is 5.98. The van der Waals surface area contributed by atoms with Crippen molar-refractivity contribution in [3.8, 4) is 22.5 Å². The summed E-state index contributed by atoms with van der Waals surface area (Å²) in [4.78, 5) is 71.7. The van der Waals surface area contributed by atoms with Gasteiger partial charge in [-0.05, 0) is 133 Å². The lowest BCUT2D eigenvalue weighted by atomic mass is 9.81. The Bertz CT molecular complexity index is 2190. The Kier molecular flexibility index (Phi) is 14.2. The molecular weight excluding hydrogens is 793 g/mol. The molecule has 6 rings (SSSR count). The number of likely N-dealkylation sites (tertiary alicyclic amines) is 1. The number of aromatic nitrogens is 5. The number of carbonyl (C=O) groups is 5. The lowest BCUT2D eigenvalue weighted by molar-refractivity contribution is -0.130. The van der Waals surface area contributed by atoms with Gasteiger partial charge in [0, 0.05) is 60.5 Å². The molecule has 1 aliphatic carbocycles. The van der Waals surface area contributed by atoms with Crippen molar-refractivity contribution in [3.05, 3.63) is 77.6 Å². The molecule has 330 valence electrons. The van der Waals surface area contributed by atoms with Crippen molar-refractivity contribution in [2.75, 3.05) is 25.0 Å². The van der Waals surface area contributed by atoms with E-state index in [2.05, 4.69) is 46.9 Å². The molecule has 1 saturated carbocycles. The number of anilines is 1. The summed E-state index contributed by atoms with van der Waals surface area (Å²) in [6.07, 6.45) is 2.78.